The molecule has 0 radical (unpaired) electrons. The average Bonchev–Trinajstić information content (AvgIpc) is 3.11. The number of ether oxygens (including phenoxy) is 2. The minimum Gasteiger partial charge on any atom is -0.496 e. The Hall–Kier alpha value is -3.56. The van der Waals surface area contributed by atoms with Gasteiger partial charge in [-0.05, 0) is 80.4 Å². The Morgan fingerprint density at radius 3 is 2.49 bits per heavy atom. The van der Waals surface area contributed by atoms with Crippen LogP contribution in [0.3, 0.4) is 0 Å². The van der Waals surface area contributed by atoms with Crippen molar-refractivity contribution in [1.82, 2.24) is 4.90 Å². The molecule has 1 saturated heterocycles. The SMILES string of the molecule is COc1cc(C)c([N+](=O)[O-])cc1C1=C(CN2C(=O)O[C@H](c3cc(C)cc(C(F)(F)F)c3)[C@@H]2C)CC(C)(C)CC1. The van der Waals surface area contributed by atoms with Gasteiger partial charge in [0.1, 0.15) is 11.9 Å². The molecule has 7 nitrogen and oxygen atoms in total. The van der Waals surface area contributed by atoms with Gasteiger partial charge in [0.15, 0.2) is 0 Å². The van der Waals surface area contributed by atoms with E-state index < -0.39 is 34.9 Å². The van der Waals surface area contributed by atoms with Crippen LogP contribution in [0.1, 0.15) is 74.0 Å². The van der Waals surface area contributed by atoms with Gasteiger partial charge in [0.2, 0.25) is 0 Å². The summed E-state index contributed by atoms with van der Waals surface area (Å²) in [7, 11) is 1.51. The van der Waals surface area contributed by atoms with Gasteiger partial charge in [-0.2, -0.15) is 13.2 Å². The van der Waals surface area contributed by atoms with Crippen molar-refractivity contribution >= 4 is 17.4 Å². The van der Waals surface area contributed by atoms with Crippen molar-refractivity contribution in [1.29, 1.82) is 0 Å². The van der Waals surface area contributed by atoms with E-state index in [2.05, 4.69) is 13.8 Å². The summed E-state index contributed by atoms with van der Waals surface area (Å²) in [6, 6.07) is 6.36. The van der Waals surface area contributed by atoms with Crippen molar-refractivity contribution in [3.05, 3.63) is 73.8 Å². The van der Waals surface area contributed by atoms with Crippen LogP contribution in [-0.4, -0.2) is 35.6 Å². The summed E-state index contributed by atoms with van der Waals surface area (Å²) < 4.78 is 51.6. The number of halogens is 3. The van der Waals surface area contributed by atoms with Crippen LogP contribution >= 0.6 is 0 Å². The molecule has 1 amide bonds. The molecular formula is C29H33F3N2O5. The summed E-state index contributed by atoms with van der Waals surface area (Å²) >= 11 is 0. The van der Waals surface area contributed by atoms with Crippen LogP contribution in [0.2, 0.25) is 0 Å². The van der Waals surface area contributed by atoms with E-state index in [1.165, 1.54) is 18.1 Å². The minimum atomic E-state index is -4.52. The Labute approximate surface area is 225 Å². The largest absolute Gasteiger partial charge is 0.496 e. The van der Waals surface area contributed by atoms with E-state index in [0.717, 1.165) is 29.7 Å². The molecule has 1 aliphatic carbocycles. The zero-order valence-corrected chi connectivity index (χ0v) is 22.9. The van der Waals surface area contributed by atoms with Gasteiger partial charge in [-0.1, -0.05) is 25.5 Å². The van der Waals surface area contributed by atoms with Gasteiger partial charge in [0, 0.05) is 23.7 Å². The molecule has 1 heterocycles. The first-order valence-electron chi connectivity index (χ1n) is 12.8. The van der Waals surface area contributed by atoms with Crippen LogP contribution in [0.4, 0.5) is 23.7 Å². The molecule has 0 unspecified atom stereocenters. The highest BCUT2D eigenvalue weighted by Gasteiger charge is 2.42. The quantitative estimate of drug-likeness (QED) is 0.273. The molecule has 0 N–H and O–H groups in total. The van der Waals surface area contributed by atoms with Crippen molar-refractivity contribution in [2.24, 2.45) is 5.41 Å². The number of methoxy groups -OCH3 is 1. The lowest BCUT2D eigenvalue weighted by Gasteiger charge is -2.35. The summed E-state index contributed by atoms with van der Waals surface area (Å²) in [4.78, 5) is 25.9. The van der Waals surface area contributed by atoms with Crippen molar-refractivity contribution in [3.63, 3.8) is 0 Å². The Kier molecular flexibility index (Phi) is 7.44. The molecule has 2 aliphatic rings. The molecule has 0 aromatic heterocycles. The number of amides is 1. The molecule has 2 aromatic rings. The van der Waals surface area contributed by atoms with Crippen molar-refractivity contribution in [2.75, 3.05) is 13.7 Å². The maximum Gasteiger partial charge on any atom is 0.416 e. The van der Waals surface area contributed by atoms with Gasteiger partial charge in [-0.3, -0.25) is 15.0 Å². The highest BCUT2D eigenvalue weighted by atomic mass is 19.4. The molecule has 2 atom stereocenters. The van der Waals surface area contributed by atoms with E-state index >= 15 is 0 Å². The summed E-state index contributed by atoms with van der Waals surface area (Å²) in [5, 5.41) is 11.7. The first-order valence-corrected chi connectivity index (χ1v) is 12.8. The van der Waals surface area contributed by atoms with E-state index in [9.17, 15) is 28.1 Å². The zero-order chi connectivity index (χ0) is 28.9. The lowest BCUT2D eigenvalue weighted by atomic mass is 9.72. The molecule has 0 bridgehead atoms. The fourth-order valence-corrected chi connectivity index (χ4v) is 5.67. The number of rotatable bonds is 6. The number of alkyl halides is 3. The van der Waals surface area contributed by atoms with E-state index in [4.69, 9.17) is 9.47 Å². The van der Waals surface area contributed by atoms with Gasteiger partial charge in [-0.15, -0.1) is 0 Å². The number of carbonyl (C=O) groups is 1. The molecule has 0 spiro atoms. The van der Waals surface area contributed by atoms with Gasteiger partial charge in [-0.25, -0.2) is 4.79 Å². The lowest BCUT2D eigenvalue weighted by Crippen LogP contribution is -2.35. The third-order valence-electron chi connectivity index (χ3n) is 7.72. The third-order valence-corrected chi connectivity index (χ3v) is 7.72. The van der Waals surface area contributed by atoms with Crippen molar-refractivity contribution in [3.8, 4) is 5.75 Å². The molecule has 2 aromatic carbocycles. The molecule has 1 fully saturated rings. The van der Waals surface area contributed by atoms with E-state index in [0.29, 0.717) is 40.8 Å². The molecular weight excluding hydrogens is 513 g/mol. The average molecular weight is 547 g/mol. The van der Waals surface area contributed by atoms with Crippen LogP contribution in [0.25, 0.3) is 5.57 Å². The van der Waals surface area contributed by atoms with Crippen LogP contribution in [0.15, 0.2) is 35.9 Å². The van der Waals surface area contributed by atoms with Crippen molar-refractivity contribution in [2.45, 2.75) is 72.2 Å². The number of hydrogen-bond donors (Lipinski definition) is 0. The van der Waals surface area contributed by atoms with E-state index in [-0.39, 0.29) is 17.6 Å². The normalized spacial score (nSPS) is 21.3. The number of hydrogen-bond acceptors (Lipinski definition) is 5. The van der Waals surface area contributed by atoms with Crippen LogP contribution in [-0.2, 0) is 10.9 Å². The summed E-state index contributed by atoms with van der Waals surface area (Å²) in [5.41, 5.74) is 2.74. The standard InChI is InChI=1S/C29H33F3N2O5/c1-16-9-19(12-21(10-16)29(30,31)32)26-18(3)33(27(35)39-26)15-20-14-28(4,5)8-7-22(20)23-13-24(34(36)37)17(2)11-25(23)38-6/h9-13,18,26H,7-8,14-15H2,1-6H3/t18-,26-/m0/s1. The Morgan fingerprint density at radius 2 is 1.87 bits per heavy atom. The molecule has 0 saturated carbocycles. The molecule has 1 aliphatic heterocycles. The fraction of sp³-hybridized carbons (Fsp3) is 0.483. The predicted octanol–water partition coefficient (Wildman–Crippen LogP) is 7.78. The molecule has 4 rings (SSSR count). The number of nitro groups is 1. The van der Waals surface area contributed by atoms with E-state index in [1.54, 1.807) is 32.9 Å². The maximum atomic E-state index is 13.5. The topological polar surface area (TPSA) is 81.9 Å². The number of cyclic esters (lactones) is 1. The first kappa shape index (κ1) is 28.4. The zero-order valence-electron chi connectivity index (χ0n) is 22.9. The van der Waals surface area contributed by atoms with Gasteiger partial charge < -0.3 is 9.47 Å². The maximum absolute atomic E-state index is 13.5. The molecule has 210 valence electrons. The highest BCUT2D eigenvalue weighted by Crippen LogP contribution is 2.47. The number of nitrogens with zero attached hydrogens (tertiary/aromatic N) is 2. The Bertz CT molecular complexity index is 1350. The lowest BCUT2D eigenvalue weighted by molar-refractivity contribution is -0.385. The van der Waals surface area contributed by atoms with Crippen molar-refractivity contribution < 1.29 is 32.4 Å². The summed E-state index contributed by atoms with van der Waals surface area (Å²) in [6.07, 6.45) is -3.89. The first-order chi connectivity index (χ1) is 18.1. The Balaban J connectivity index is 1.74. The van der Waals surface area contributed by atoms with Crippen LogP contribution < -0.4 is 4.74 Å². The highest BCUT2D eigenvalue weighted by molar-refractivity contribution is 5.78. The van der Waals surface area contributed by atoms with Crippen LogP contribution in [0, 0.1) is 29.4 Å². The Morgan fingerprint density at radius 1 is 1.18 bits per heavy atom. The number of carbonyl (C=O) groups excluding carboxylic acids is 1. The summed E-state index contributed by atoms with van der Waals surface area (Å²) in [6.45, 7) is 9.43. The van der Waals surface area contributed by atoms with Gasteiger partial charge in [0.25, 0.3) is 5.69 Å². The fourth-order valence-electron chi connectivity index (χ4n) is 5.67. The second-order valence-corrected chi connectivity index (χ2v) is 11.3. The van der Waals surface area contributed by atoms with Crippen LogP contribution in [0.5, 0.6) is 5.75 Å². The molecule has 10 heteroatoms. The number of benzene rings is 2. The number of aryl methyl sites for hydroxylation is 2. The van der Waals surface area contributed by atoms with Gasteiger partial charge >= 0.3 is 12.3 Å². The summed E-state index contributed by atoms with van der Waals surface area (Å²) in [5.74, 6) is 0.514. The number of allylic oxidation sites excluding steroid dienone is 1. The third kappa shape index (κ3) is 5.74. The predicted molar refractivity (Wildman–Crippen MR) is 141 cm³/mol. The number of nitro benzene ring substituents is 1. The smallest absolute Gasteiger partial charge is 0.416 e. The van der Waals surface area contributed by atoms with Gasteiger partial charge in [0.05, 0.1) is 23.6 Å². The monoisotopic (exact) mass is 546 g/mol. The molecule has 39 heavy (non-hydrogen) atoms. The second-order valence-electron chi connectivity index (χ2n) is 11.3. The van der Waals surface area contributed by atoms with E-state index in [1.807, 2.05) is 0 Å². The minimum absolute atomic E-state index is 0.0172. The second kappa shape index (κ2) is 10.2.